The largest absolute Gasteiger partial charge is 0.376 e. The molecule has 1 aromatic rings. The van der Waals surface area contributed by atoms with Crippen LogP contribution in [0.15, 0.2) is 18.2 Å². The van der Waals surface area contributed by atoms with E-state index in [0.29, 0.717) is 6.54 Å². The van der Waals surface area contributed by atoms with Crippen molar-refractivity contribution in [1.82, 2.24) is 10.2 Å². The van der Waals surface area contributed by atoms with Crippen molar-refractivity contribution in [3.05, 3.63) is 34.9 Å². The molecular formula is C16H22N2O2. The average molecular weight is 274 g/mol. The number of carbonyl (C=O) groups excluding carboxylic acids is 1. The Hall–Kier alpha value is -1.39. The lowest BCUT2D eigenvalue weighted by Crippen LogP contribution is -2.43. The zero-order valence-corrected chi connectivity index (χ0v) is 12.3. The summed E-state index contributed by atoms with van der Waals surface area (Å²) in [6, 6.07) is 6.60. The van der Waals surface area contributed by atoms with Gasteiger partial charge in [0.1, 0.15) is 6.17 Å². The lowest BCUT2D eigenvalue weighted by molar-refractivity contribution is -0.131. The summed E-state index contributed by atoms with van der Waals surface area (Å²) >= 11 is 0. The Bertz CT molecular complexity index is 529. The molecular weight excluding hydrogens is 252 g/mol. The van der Waals surface area contributed by atoms with E-state index >= 15 is 0 Å². The molecule has 1 aromatic carbocycles. The normalized spacial score (nSPS) is 30.2. The zero-order chi connectivity index (χ0) is 14.3. The second-order valence-corrected chi connectivity index (χ2v) is 5.88. The highest BCUT2D eigenvalue weighted by molar-refractivity contribution is 5.81. The van der Waals surface area contributed by atoms with Crippen LogP contribution < -0.4 is 5.32 Å². The predicted molar refractivity (Wildman–Crippen MR) is 77.3 cm³/mol. The Morgan fingerprint density at radius 1 is 1.35 bits per heavy atom. The number of aryl methyl sites for hydroxylation is 2. The van der Waals surface area contributed by atoms with Crippen molar-refractivity contribution < 1.29 is 9.53 Å². The molecule has 0 aliphatic carbocycles. The summed E-state index contributed by atoms with van der Waals surface area (Å²) in [6.07, 6.45) is 1.03. The first-order chi connectivity index (χ1) is 9.58. The van der Waals surface area contributed by atoms with Crippen molar-refractivity contribution in [3.8, 4) is 0 Å². The highest BCUT2D eigenvalue weighted by atomic mass is 16.5. The van der Waals surface area contributed by atoms with E-state index in [0.717, 1.165) is 13.0 Å². The quantitative estimate of drug-likeness (QED) is 0.895. The van der Waals surface area contributed by atoms with E-state index in [1.165, 1.54) is 16.7 Å². The Morgan fingerprint density at radius 2 is 2.15 bits per heavy atom. The van der Waals surface area contributed by atoms with Crippen LogP contribution >= 0.6 is 0 Å². The maximum atomic E-state index is 12.3. The number of hydrogen-bond acceptors (Lipinski definition) is 3. The number of amides is 1. The van der Waals surface area contributed by atoms with Gasteiger partial charge < -0.3 is 9.64 Å². The summed E-state index contributed by atoms with van der Waals surface area (Å²) in [7, 11) is 0. The van der Waals surface area contributed by atoms with Crippen LogP contribution in [-0.2, 0) is 9.53 Å². The van der Waals surface area contributed by atoms with Crippen LogP contribution in [0.25, 0.3) is 0 Å². The summed E-state index contributed by atoms with van der Waals surface area (Å²) < 4.78 is 5.64. The Morgan fingerprint density at radius 3 is 2.85 bits per heavy atom. The highest BCUT2D eigenvalue weighted by Gasteiger charge is 2.41. The number of hydrogen-bond donors (Lipinski definition) is 1. The molecule has 1 amide bonds. The first-order valence-corrected chi connectivity index (χ1v) is 7.31. The molecule has 2 fully saturated rings. The van der Waals surface area contributed by atoms with Crippen molar-refractivity contribution in [2.24, 2.45) is 0 Å². The molecule has 3 rings (SSSR count). The first-order valence-electron chi connectivity index (χ1n) is 7.31. The molecule has 0 bridgehead atoms. The van der Waals surface area contributed by atoms with Crippen molar-refractivity contribution in [2.45, 2.75) is 45.5 Å². The van der Waals surface area contributed by atoms with Gasteiger partial charge in [0.25, 0.3) is 0 Å². The average Bonchev–Trinajstić information content (AvgIpc) is 2.98. The van der Waals surface area contributed by atoms with Crippen LogP contribution in [0.1, 0.15) is 36.2 Å². The van der Waals surface area contributed by atoms with E-state index in [4.69, 9.17) is 4.74 Å². The highest BCUT2D eigenvalue weighted by Crippen LogP contribution is 2.32. The fourth-order valence-corrected chi connectivity index (χ4v) is 3.29. The van der Waals surface area contributed by atoms with Crippen molar-refractivity contribution in [3.63, 3.8) is 0 Å². The molecule has 0 radical (unpaired) electrons. The van der Waals surface area contributed by atoms with Crippen LogP contribution in [-0.4, -0.2) is 36.1 Å². The fraction of sp³-hybridized carbons (Fsp3) is 0.562. The SMILES string of the molecule is Cc1ccc(C)c(C2NCC(=O)N2C2CCOC2C)c1. The molecule has 2 saturated heterocycles. The van der Waals surface area contributed by atoms with Crippen molar-refractivity contribution >= 4 is 5.91 Å². The van der Waals surface area contributed by atoms with Gasteiger partial charge in [-0.05, 0) is 38.3 Å². The second-order valence-electron chi connectivity index (χ2n) is 5.88. The number of ether oxygens (including phenoxy) is 1. The summed E-state index contributed by atoms with van der Waals surface area (Å²) in [6.45, 7) is 7.41. The number of rotatable bonds is 2. The van der Waals surface area contributed by atoms with Crippen LogP contribution in [0.4, 0.5) is 0 Å². The van der Waals surface area contributed by atoms with E-state index in [2.05, 4.69) is 44.3 Å². The lowest BCUT2D eigenvalue weighted by atomic mass is 10.0. The topological polar surface area (TPSA) is 41.6 Å². The first kappa shape index (κ1) is 13.6. The molecule has 0 saturated carbocycles. The number of benzene rings is 1. The summed E-state index contributed by atoms with van der Waals surface area (Å²) in [5.74, 6) is 0.179. The minimum atomic E-state index is -0.0171. The van der Waals surface area contributed by atoms with Gasteiger partial charge in [-0.25, -0.2) is 0 Å². The van der Waals surface area contributed by atoms with E-state index < -0.39 is 0 Å². The Labute approximate surface area is 120 Å². The molecule has 3 unspecified atom stereocenters. The minimum Gasteiger partial charge on any atom is -0.376 e. The smallest absolute Gasteiger partial charge is 0.238 e. The van der Waals surface area contributed by atoms with E-state index in [9.17, 15) is 4.79 Å². The maximum Gasteiger partial charge on any atom is 0.238 e. The molecule has 0 aromatic heterocycles. The van der Waals surface area contributed by atoms with Crippen LogP contribution in [0.2, 0.25) is 0 Å². The lowest BCUT2D eigenvalue weighted by Gasteiger charge is -2.33. The molecule has 0 spiro atoms. The monoisotopic (exact) mass is 274 g/mol. The standard InChI is InChI=1S/C16H22N2O2/c1-10-4-5-11(2)13(8-10)16-17-9-15(19)18(16)14-6-7-20-12(14)3/h4-5,8,12,14,16-17H,6-7,9H2,1-3H3. The minimum absolute atomic E-state index is 0.0171. The third-order valence-electron chi connectivity index (χ3n) is 4.44. The van der Waals surface area contributed by atoms with Crippen molar-refractivity contribution in [2.75, 3.05) is 13.2 Å². The van der Waals surface area contributed by atoms with Gasteiger partial charge >= 0.3 is 0 Å². The number of carbonyl (C=O) groups is 1. The van der Waals surface area contributed by atoms with E-state index in [1.54, 1.807) is 0 Å². The fourth-order valence-electron chi connectivity index (χ4n) is 3.29. The summed E-state index contributed by atoms with van der Waals surface area (Å²) in [5, 5.41) is 3.36. The van der Waals surface area contributed by atoms with Gasteiger partial charge in [0.05, 0.1) is 18.7 Å². The van der Waals surface area contributed by atoms with Gasteiger partial charge in [0.2, 0.25) is 5.91 Å². The number of nitrogens with zero attached hydrogens (tertiary/aromatic N) is 1. The van der Waals surface area contributed by atoms with Gasteiger partial charge in [0.15, 0.2) is 0 Å². The summed E-state index contributed by atoms with van der Waals surface area (Å²) in [4.78, 5) is 14.3. The van der Waals surface area contributed by atoms with Gasteiger partial charge in [0, 0.05) is 6.61 Å². The molecule has 2 heterocycles. The maximum absolute atomic E-state index is 12.3. The van der Waals surface area contributed by atoms with Gasteiger partial charge in [-0.2, -0.15) is 0 Å². The summed E-state index contributed by atoms with van der Waals surface area (Å²) in [5.41, 5.74) is 3.65. The molecule has 4 heteroatoms. The third kappa shape index (κ3) is 2.23. The Kier molecular flexibility index (Phi) is 3.52. The number of nitrogens with one attached hydrogen (secondary N) is 1. The van der Waals surface area contributed by atoms with E-state index in [1.807, 2.05) is 4.90 Å². The van der Waals surface area contributed by atoms with Crippen LogP contribution in [0.5, 0.6) is 0 Å². The van der Waals surface area contributed by atoms with Gasteiger partial charge in [-0.3, -0.25) is 10.1 Å². The predicted octanol–water partition coefficient (Wildman–Crippen LogP) is 1.91. The Balaban J connectivity index is 1.95. The van der Waals surface area contributed by atoms with Gasteiger partial charge in [-0.15, -0.1) is 0 Å². The zero-order valence-electron chi connectivity index (χ0n) is 12.3. The van der Waals surface area contributed by atoms with Gasteiger partial charge in [-0.1, -0.05) is 23.8 Å². The van der Waals surface area contributed by atoms with Crippen molar-refractivity contribution in [1.29, 1.82) is 0 Å². The third-order valence-corrected chi connectivity index (χ3v) is 4.44. The molecule has 108 valence electrons. The second kappa shape index (κ2) is 5.19. The molecule has 3 atom stereocenters. The molecule has 2 aliphatic heterocycles. The molecule has 4 nitrogen and oxygen atoms in total. The van der Waals surface area contributed by atoms with E-state index in [-0.39, 0.29) is 24.2 Å². The van der Waals surface area contributed by atoms with Crippen LogP contribution in [0, 0.1) is 13.8 Å². The molecule has 2 aliphatic rings. The molecule has 20 heavy (non-hydrogen) atoms. The van der Waals surface area contributed by atoms with Crippen LogP contribution in [0.3, 0.4) is 0 Å². The molecule has 1 N–H and O–H groups in total.